The van der Waals surface area contributed by atoms with Gasteiger partial charge in [-0.15, -0.1) is 0 Å². The van der Waals surface area contributed by atoms with Crippen molar-refractivity contribution in [3.8, 4) is 5.75 Å². The van der Waals surface area contributed by atoms with E-state index in [4.69, 9.17) is 9.47 Å². The van der Waals surface area contributed by atoms with Gasteiger partial charge in [0.15, 0.2) is 0 Å². The average molecular weight is 319 g/mol. The van der Waals surface area contributed by atoms with E-state index in [1.54, 1.807) is 0 Å². The zero-order valence-corrected chi connectivity index (χ0v) is 14.7. The summed E-state index contributed by atoms with van der Waals surface area (Å²) in [6.45, 7) is 5.86. The van der Waals surface area contributed by atoms with Crippen LogP contribution in [0.1, 0.15) is 63.9 Å². The molecule has 1 aromatic carbocycles. The van der Waals surface area contributed by atoms with E-state index in [1.165, 1.54) is 50.5 Å². The van der Waals surface area contributed by atoms with Crippen LogP contribution in [0.4, 0.5) is 0 Å². The summed E-state index contributed by atoms with van der Waals surface area (Å²) in [5.74, 6) is 0.986. The highest BCUT2D eigenvalue weighted by atomic mass is 16.5. The van der Waals surface area contributed by atoms with Gasteiger partial charge in [0.2, 0.25) is 0 Å². The first-order valence-electron chi connectivity index (χ1n) is 9.42. The van der Waals surface area contributed by atoms with E-state index in [-0.39, 0.29) is 0 Å². The summed E-state index contributed by atoms with van der Waals surface area (Å²) >= 11 is 0. The molecule has 0 aliphatic carbocycles. The normalized spacial score (nSPS) is 18.0. The lowest BCUT2D eigenvalue weighted by Gasteiger charge is -2.22. The monoisotopic (exact) mass is 319 g/mol. The van der Waals surface area contributed by atoms with Crippen LogP contribution >= 0.6 is 0 Å². The van der Waals surface area contributed by atoms with Crippen molar-refractivity contribution in [2.45, 2.75) is 70.9 Å². The summed E-state index contributed by atoms with van der Waals surface area (Å²) in [5.41, 5.74) is 1.30. The molecule has 0 saturated carbocycles. The second-order valence-electron chi connectivity index (χ2n) is 6.53. The summed E-state index contributed by atoms with van der Waals surface area (Å²) in [6, 6.07) is 8.47. The molecule has 1 N–H and O–H groups in total. The molecule has 1 saturated heterocycles. The molecule has 23 heavy (non-hydrogen) atoms. The molecule has 130 valence electrons. The van der Waals surface area contributed by atoms with Crippen LogP contribution in [0, 0.1) is 0 Å². The fraction of sp³-hybridized carbons (Fsp3) is 0.700. The Morgan fingerprint density at radius 3 is 2.65 bits per heavy atom. The maximum absolute atomic E-state index is 5.80. The van der Waals surface area contributed by atoms with E-state index in [1.807, 2.05) is 0 Å². The van der Waals surface area contributed by atoms with Crippen LogP contribution < -0.4 is 10.1 Å². The van der Waals surface area contributed by atoms with Crippen molar-refractivity contribution in [3.63, 3.8) is 0 Å². The van der Waals surface area contributed by atoms with Gasteiger partial charge >= 0.3 is 0 Å². The largest absolute Gasteiger partial charge is 0.494 e. The van der Waals surface area contributed by atoms with Gasteiger partial charge in [0.05, 0.1) is 12.7 Å². The molecule has 0 amide bonds. The molecule has 1 aliphatic rings. The topological polar surface area (TPSA) is 30.5 Å². The molecular formula is C20H33NO2. The standard InChI is InChI=1S/C20H33NO2/c1-2-3-4-5-7-14-22-19-12-10-18(11-13-19)16-21-17-20-9-6-8-15-23-20/h10-13,20-21H,2-9,14-17H2,1H3. The Bertz CT molecular complexity index is 399. The van der Waals surface area contributed by atoms with Crippen LogP contribution in [0.5, 0.6) is 5.75 Å². The molecule has 1 unspecified atom stereocenters. The Morgan fingerprint density at radius 1 is 1.09 bits per heavy atom. The minimum atomic E-state index is 0.402. The number of hydrogen-bond acceptors (Lipinski definition) is 3. The Hall–Kier alpha value is -1.06. The van der Waals surface area contributed by atoms with Gasteiger partial charge in [0.25, 0.3) is 0 Å². The molecule has 1 aromatic rings. The maximum Gasteiger partial charge on any atom is 0.119 e. The third kappa shape index (κ3) is 7.85. The maximum atomic E-state index is 5.80. The second kappa shape index (κ2) is 11.5. The first-order chi connectivity index (χ1) is 11.4. The molecule has 0 radical (unpaired) electrons. The Morgan fingerprint density at radius 2 is 1.91 bits per heavy atom. The van der Waals surface area contributed by atoms with Gasteiger partial charge in [-0.2, -0.15) is 0 Å². The fourth-order valence-electron chi connectivity index (χ4n) is 2.95. The molecule has 1 aliphatic heterocycles. The summed E-state index contributed by atoms with van der Waals surface area (Å²) in [4.78, 5) is 0. The third-order valence-corrected chi connectivity index (χ3v) is 4.42. The van der Waals surface area contributed by atoms with Gasteiger partial charge in [-0.05, 0) is 43.4 Å². The SMILES string of the molecule is CCCCCCCOc1ccc(CNCC2CCCCO2)cc1. The van der Waals surface area contributed by atoms with Crippen molar-refractivity contribution in [3.05, 3.63) is 29.8 Å². The highest BCUT2D eigenvalue weighted by Gasteiger charge is 2.12. The van der Waals surface area contributed by atoms with Crippen LogP contribution in [0.15, 0.2) is 24.3 Å². The lowest BCUT2D eigenvalue weighted by molar-refractivity contribution is 0.0168. The molecule has 0 spiro atoms. The first kappa shape index (κ1) is 18.3. The van der Waals surface area contributed by atoms with E-state index < -0.39 is 0 Å². The number of nitrogens with one attached hydrogen (secondary N) is 1. The van der Waals surface area contributed by atoms with E-state index in [9.17, 15) is 0 Å². The average Bonchev–Trinajstić information content (AvgIpc) is 2.60. The van der Waals surface area contributed by atoms with Crippen LogP contribution in [0.25, 0.3) is 0 Å². The predicted octanol–water partition coefficient (Wildman–Crippen LogP) is 4.69. The minimum absolute atomic E-state index is 0.402. The summed E-state index contributed by atoms with van der Waals surface area (Å²) < 4.78 is 11.5. The van der Waals surface area contributed by atoms with E-state index >= 15 is 0 Å². The molecule has 3 heteroatoms. The molecule has 0 aromatic heterocycles. The summed E-state index contributed by atoms with van der Waals surface area (Å²) in [6.07, 6.45) is 10.5. The van der Waals surface area contributed by atoms with Gasteiger partial charge in [-0.3, -0.25) is 0 Å². The first-order valence-corrected chi connectivity index (χ1v) is 9.42. The molecule has 1 fully saturated rings. The van der Waals surface area contributed by atoms with Crippen molar-refractivity contribution >= 4 is 0 Å². The highest BCUT2D eigenvalue weighted by Crippen LogP contribution is 2.14. The van der Waals surface area contributed by atoms with Gasteiger partial charge in [-0.1, -0.05) is 44.7 Å². The number of rotatable bonds is 11. The lowest BCUT2D eigenvalue weighted by atomic mass is 10.1. The lowest BCUT2D eigenvalue weighted by Crippen LogP contribution is -2.31. The van der Waals surface area contributed by atoms with Crippen molar-refractivity contribution in [2.75, 3.05) is 19.8 Å². The fourth-order valence-corrected chi connectivity index (χ4v) is 2.95. The number of hydrogen-bond donors (Lipinski definition) is 1. The predicted molar refractivity (Wildman–Crippen MR) is 96.0 cm³/mol. The van der Waals surface area contributed by atoms with Gasteiger partial charge in [0.1, 0.15) is 5.75 Å². The van der Waals surface area contributed by atoms with Crippen LogP contribution in [-0.4, -0.2) is 25.9 Å². The number of ether oxygens (including phenoxy) is 2. The Balaban J connectivity index is 1.56. The van der Waals surface area contributed by atoms with E-state index in [0.29, 0.717) is 6.10 Å². The van der Waals surface area contributed by atoms with Gasteiger partial charge in [0, 0.05) is 19.7 Å². The number of benzene rings is 1. The van der Waals surface area contributed by atoms with Crippen LogP contribution in [-0.2, 0) is 11.3 Å². The quantitative estimate of drug-likeness (QED) is 0.600. The highest BCUT2D eigenvalue weighted by molar-refractivity contribution is 5.27. The molecule has 2 rings (SSSR count). The number of unbranched alkanes of at least 4 members (excludes halogenated alkanes) is 4. The van der Waals surface area contributed by atoms with Gasteiger partial charge < -0.3 is 14.8 Å². The zero-order chi connectivity index (χ0) is 16.2. The summed E-state index contributed by atoms with van der Waals surface area (Å²) in [7, 11) is 0. The van der Waals surface area contributed by atoms with Crippen molar-refractivity contribution in [1.82, 2.24) is 5.32 Å². The smallest absolute Gasteiger partial charge is 0.119 e. The van der Waals surface area contributed by atoms with Crippen molar-refractivity contribution in [1.29, 1.82) is 0 Å². The van der Waals surface area contributed by atoms with Crippen LogP contribution in [0.3, 0.4) is 0 Å². The van der Waals surface area contributed by atoms with Crippen molar-refractivity contribution < 1.29 is 9.47 Å². The van der Waals surface area contributed by atoms with E-state index in [0.717, 1.165) is 38.5 Å². The molecular weight excluding hydrogens is 286 g/mol. The van der Waals surface area contributed by atoms with E-state index in [2.05, 4.69) is 36.5 Å². The Kier molecular flexibility index (Phi) is 9.12. The van der Waals surface area contributed by atoms with Crippen molar-refractivity contribution in [2.24, 2.45) is 0 Å². The zero-order valence-electron chi connectivity index (χ0n) is 14.7. The van der Waals surface area contributed by atoms with Crippen LogP contribution in [0.2, 0.25) is 0 Å². The third-order valence-electron chi connectivity index (χ3n) is 4.42. The van der Waals surface area contributed by atoms with Gasteiger partial charge in [-0.25, -0.2) is 0 Å². The molecule has 0 bridgehead atoms. The Labute approximate surface area is 141 Å². The molecule has 1 atom stereocenters. The summed E-state index contributed by atoms with van der Waals surface area (Å²) in [5, 5.41) is 3.50. The molecule has 1 heterocycles. The molecule has 3 nitrogen and oxygen atoms in total. The minimum Gasteiger partial charge on any atom is -0.494 e. The second-order valence-corrected chi connectivity index (χ2v) is 6.53.